The number of benzene rings is 1. The molecule has 20 heavy (non-hydrogen) atoms. The summed E-state index contributed by atoms with van der Waals surface area (Å²) in [6.07, 6.45) is 1.15. The Labute approximate surface area is 117 Å². The molecule has 2 aromatic heterocycles. The number of hydrogen-bond donors (Lipinski definition) is 1. The molecule has 0 aliphatic heterocycles. The van der Waals surface area contributed by atoms with Crippen LogP contribution in [-0.2, 0) is 0 Å². The molecule has 0 atom stereocenters. The van der Waals surface area contributed by atoms with Crippen LogP contribution in [0.15, 0.2) is 41.3 Å². The fourth-order valence-corrected chi connectivity index (χ4v) is 3.17. The minimum Gasteiger partial charge on any atom is -0.322 e. The predicted molar refractivity (Wildman–Crippen MR) is 79.3 cm³/mol. The number of H-pyrrole nitrogens is 1. The van der Waals surface area contributed by atoms with E-state index in [1.807, 2.05) is 31.2 Å². The molecule has 1 N–H and O–H groups in total. The quantitative estimate of drug-likeness (QED) is 0.579. The molecule has 0 amide bonds. The van der Waals surface area contributed by atoms with Gasteiger partial charge in [0.1, 0.15) is 4.70 Å². The van der Waals surface area contributed by atoms with Gasteiger partial charge in [-0.2, -0.15) is 0 Å². The Kier molecular flexibility index (Phi) is 2.87. The van der Waals surface area contributed by atoms with Gasteiger partial charge < -0.3 is 4.98 Å². The topological polar surface area (TPSA) is 76.0 Å². The van der Waals surface area contributed by atoms with E-state index >= 15 is 0 Å². The molecule has 0 fully saturated rings. The number of nitrogens with one attached hydrogen (secondary N) is 1. The molecular weight excluding hydrogens is 276 g/mol. The third kappa shape index (κ3) is 2.00. The molecule has 3 aromatic rings. The van der Waals surface area contributed by atoms with Crippen molar-refractivity contribution < 1.29 is 4.92 Å². The molecule has 6 heteroatoms. The Balaban J connectivity index is 2.27. The van der Waals surface area contributed by atoms with Crippen molar-refractivity contribution >= 4 is 27.1 Å². The van der Waals surface area contributed by atoms with Crippen LogP contribution < -0.4 is 5.56 Å². The fraction of sp³-hybridized carbons (Fsp3) is 0.0714. The van der Waals surface area contributed by atoms with E-state index in [1.165, 1.54) is 11.3 Å². The summed E-state index contributed by atoms with van der Waals surface area (Å²) in [5.41, 5.74) is 1.72. The maximum Gasteiger partial charge on any atom is 0.303 e. The highest BCUT2D eigenvalue weighted by Crippen LogP contribution is 2.36. The van der Waals surface area contributed by atoms with Gasteiger partial charge in [0.15, 0.2) is 0 Å². The van der Waals surface area contributed by atoms with Crippen LogP contribution >= 0.6 is 11.3 Å². The first-order valence-electron chi connectivity index (χ1n) is 5.93. The van der Waals surface area contributed by atoms with Crippen molar-refractivity contribution in [1.29, 1.82) is 0 Å². The number of thiophene rings is 1. The summed E-state index contributed by atoms with van der Waals surface area (Å²) in [5, 5.41) is 11.4. The van der Waals surface area contributed by atoms with Crippen molar-refractivity contribution in [2.45, 2.75) is 6.92 Å². The van der Waals surface area contributed by atoms with E-state index in [0.717, 1.165) is 22.2 Å². The summed E-state index contributed by atoms with van der Waals surface area (Å²) in [6.45, 7) is 1.99. The summed E-state index contributed by atoms with van der Waals surface area (Å²) >= 11 is 1.26. The molecule has 2 heterocycles. The summed E-state index contributed by atoms with van der Waals surface area (Å²) in [6, 6.07) is 9.54. The second kappa shape index (κ2) is 4.57. The van der Waals surface area contributed by atoms with Crippen LogP contribution in [-0.4, -0.2) is 9.91 Å². The van der Waals surface area contributed by atoms with Gasteiger partial charge in [0.25, 0.3) is 5.56 Å². The van der Waals surface area contributed by atoms with Crippen molar-refractivity contribution in [3.05, 3.63) is 62.6 Å². The third-order valence-electron chi connectivity index (χ3n) is 3.08. The van der Waals surface area contributed by atoms with Gasteiger partial charge in [-0.25, -0.2) is 0 Å². The first kappa shape index (κ1) is 12.6. The van der Waals surface area contributed by atoms with E-state index in [9.17, 15) is 14.9 Å². The van der Waals surface area contributed by atoms with Crippen molar-refractivity contribution in [3.8, 4) is 10.4 Å². The van der Waals surface area contributed by atoms with Crippen molar-refractivity contribution in [3.63, 3.8) is 0 Å². The van der Waals surface area contributed by atoms with Gasteiger partial charge >= 0.3 is 5.69 Å². The Morgan fingerprint density at radius 1 is 1.25 bits per heavy atom. The van der Waals surface area contributed by atoms with Crippen molar-refractivity contribution in [2.75, 3.05) is 0 Å². The zero-order valence-corrected chi connectivity index (χ0v) is 11.4. The van der Waals surface area contributed by atoms with E-state index in [4.69, 9.17) is 0 Å². The zero-order valence-electron chi connectivity index (χ0n) is 10.5. The van der Waals surface area contributed by atoms with E-state index in [0.29, 0.717) is 10.1 Å². The highest BCUT2D eigenvalue weighted by atomic mass is 32.1. The lowest BCUT2D eigenvalue weighted by Crippen LogP contribution is -2.05. The Bertz CT molecular complexity index is 862. The van der Waals surface area contributed by atoms with E-state index in [-0.39, 0.29) is 11.2 Å². The first-order chi connectivity index (χ1) is 9.56. The van der Waals surface area contributed by atoms with Gasteiger partial charge in [0, 0.05) is 4.88 Å². The molecule has 0 bridgehead atoms. The average Bonchev–Trinajstić information content (AvgIpc) is 2.85. The molecule has 0 unspecified atom stereocenters. The second-order valence-corrected chi connectivity index (χ2v) is 5.53. The summed E-state index contributed by atoms with van der Waals surface area (Å²) in [5.74, 6) is 0. The lowest BCUT2D eigenvalue weighted by atomic mass is 10.1. The zero-order chi connectivity index (χ0) is 14.3. The number of aromatic amines is 1. The Morgan fingerprint density at radius 3 is 2.60 bits per heavy atom. The smallest absolute Gasteiger partial charge is 0.303 e. The molecule has 100 valence electrons. The second-order valence-electron chi connectivity index (χ2n) is 4.48. The summed E-state index contributed by atoms with van der Waals surface area (Å²) in [4.78, 5) is 25.6. The maximum absolute atomic E-state index is 11.8. The van der Waals surface area contributed by atoms with Crippen LogP contribution in [0.2, 0.25) is 0 Å². The number of fused-ring (bicyclic) bond motifs is 1. The van der Waals surface area contributed by atoms with Crippen molar-refractivity contribution in [2.24, 2.45) is 0 Å². The number of pyridine rings is 1. The maximum atomic E-state index is 11.8. The fourth-order valence-electron chi connectivity index (χ4n) is 2.02. The predicted octanol–water partition coefficient (Wildman–Crippen LogP) is 3.47. The molecular formula is C14H10N2O3S. The highest BCUT2D eigenvalue weighted by Gasteiger charge is 2.17. The third-order valence-corrected chi connectivity index (χ3v) is 4.29. The van der Waals surface area contributed by atoms with E-state index < -0.39 is 4.92 Å². The van der Waals surface area contributed by atoms with Crippen LogP contribution in [0.25, 0.3) is 20.5 Å². The van der Waals surface area contributed by atoms with Crippen LogP contribution in [0.3, 0.4) is 0 Å². The number of rotatable bonds is 2. The highest BCUT2D eigenvalue weighted by molar-refractivity contribution is 7.22. The minimum atomic E-state index is -0.478. The number of nitrogens with zero attached hydrogens (tertiary/aromatic N) is 1. The molecule has 1 aromatic carbocycles. The van der Waals surface area contributed by atoms with Crippen LogP contribution in [0.5, 0.6) is 0 Å². The number of aromatic nitrogens is 1. The monoisotopic (exact) mass is 286 g/mol. The lowest BCUT2D eigenvalue weighted by molar-refractivity contribution is -0.383. The Hall–Kier alpha value is -2.47. The Morgan fingerprint density at radius 2 is 1.95 bits per heavy atom. The van der Waals surface area contributed by atoms with Gasteiger partial charge in [0.05, 0.1) is 16.5 Å². The van der Waals surface area contributed by atoms with Gasteiger partial charge in [0.2, 0.25) is 0 Å². The van der Waals surface area contributed by atoms with E-state index in [1.54, 1.807) is 6.07 Å². The van der Waals surface area contributed by atoms with Crippen LogP contribution in [0, 0.1) is 17.0 Å². The summed E-state index contributed by atoms with van der Waals surface area (Å²) < 4.78 is 0.411. The minimum absolute atomic E-state index is 0.0667. The SMILES string of the molecule is Cc1ccc(-c2cc3c(=O)[nH]cc([N+](=O)[O-])c3s2)cc1. The largest absolute Gasteiger partial charge is 0.322 e. The molecule has 0 spiro atoms. The molecule has 5 nitrogen and oxygen atoms in total. The molecule has 0 radical (unpaired) electrons. The normalized spacial score (nSPS) is 10.8. The standard InChI is InChI=1S/C14H10N2O3S/c1-8-2-4-9(5-3-8)12-6-10-13(20-12)11(16(18)19)7-15-14(10)17/h2-7H,1H3,(H,15,17). The average molecular weight is 286 g/mol. The molecule has 0 saturated carbocycles. The molecule has 0 aliphatic carbocycles. The van der Waals surface area contributed by atoms with Crippen LogP contribution in [0.4, 0.5) is 5.69 Å². The summed E-state index contributed by atoms with van der Waals surface area (Å²) in [7, 11) is 0. The molecule has 0 saturated heterocycles. The van der Waals surface area contributed by atoms with Gasteiger partial charge in [-0.1, -0.05) is 29.8 Å². The first-order valence-corrected chi connectivity index (χ1v) is 6.74. The van der Waals surface area contributed by atoms with Crippen molar-refractivity contribution in [1.82, 2.24) is 4.98 Å². The molecule has 3 rings (SSSR count). The van der Waals surface area contributed by atoms with Crippen LogP contribution in [0.1, 0.15) is 5.56 Å². The lowest BCUT2D eigenvalue weighted by Gasteiger charge is -1.96. The van der Waals surface area contributed by atoms with Gasteiger partial charge in [-0.05, 0) is 18.6 Å². The van der Waals surface area contributed by atoms with E-state index in [2.05, 4.69) is 4.98 Å². The number of nitro groups is 1. The van der Waals surface area contributed by atoms with Gasteiger partial charge in [-0.3, -0.25) is 14.9 Å². The van der Waals surface area contributed by atoms with Gasteiger partial charge in [-0.15, -0.1) is 11.3 Å². The molecule has 0 aliphatic rings. The number of hydrogen-bond acceptors (Lipinski definition) is 4. The number of aryl methyl sites for hydroxylation is 1.